The molecule has 0 saturated carbocycles. The lowest BCUT2D eigenvalue weighted by molar-refractivity contribution is 0.0991. The third kappa shape index (κ3) is 1.92. The van der Waals surface area contributed by atoms with E-state index >= 15 is 0 Å². The summed E-state index contributed by atoms with van der Waals surface area (Å²) < 4.78 is 1.93. The van der Waals surface area contributed by atoms with Gasteiger partial charge in [0.05, 0.1) is 16.6 Å². The minimum absolute atomic E-state index is 0.0420. The Morgan fingerprint density at radius 3 is 2.79 bits per heavy atom. The number of anilines is 1. The molecule has 2 aromatic heterocycles. The van der Waals surface area contributed by atoms with Crippen LogP contribution in [0.1, 0.15) is 10.4 Å². The summed E-state index contributed by atoms with van der Waals surface area (Å²) in [4.78, 5) is 18.4. The molecule has 3 aromatic rings. The Morgan fingerprint density at radius 2 is 2.11 bits per heavy atom. The minimum Gasteiger partial charge on any atom is -0.313 e. The van der Waals surface area contributed by atoms with Gasteiger partial charge in [-0.3, -0.25) is 9.69 Å². The molecule has 3 rings (SSSR count). The molecule has 0 atom stereocenters. The standard InChI is InChI=1S/C14H13N3OS/c1-16-12-6-4-3-5-11(12)15-14(16)17(2)13(18)10-7-8-19-9-10/h3-9H,1-2H3. The molecule has 0 spiro atoms. The molecule has 0 aliphatic heterocycles. The van der Waals surface area contributed by atoms with E-state index in [2.05, 4.69) is 4.98 Å². The number of aromatic nitrogens is 2. The number of aryl methyl sites for hydroxylation is 1. The summed E-state index contributed by atoms with van der Waals surface area (Å²) in [5.41, 5.74) is 2.60. The number of para-hydroxylation sites is 2. The smallest absolute Gasteiger partial charge is 0.261 e. The van der Waals surface area contributed by atoms with Crippen LogP contribution in [0.2, 0.25) is 0 Å². The average molecular weight is 271 g/mol. The largest absolute Gasteiger partial charge is 0.313 e. The quantitative estimate of drug-likeness (QED) is 0.718. The van der Waals surface area contributed by atoms with Crippen LogP contribution in [0.25, 0.3) is 11.0 Å². The Hall–Kier alpha value is -2.14. The van der Waals surface area contributed by atoms with Crippen molar-refractivity contribution in [3.05, 3.63) is 46.7 Å². The molecule has 0 unspecified atom stereocenters. The number of hydrogen-bond donors (Lipinski definition) is 0. The molecule has 0 aliphatic carbocycles. The fraction of sp³-hybridized carbons (Fsp3) is 0.143. The van der Waals surface area contributed by atoms with Crippen LogP contribution in [0.4, 0.5) is 5.95 Å². The van der Waals surface area contributed by atoms with E-state index < -0.39 is 0 Å². The van der Waals surface area contributed by atoms with E-state index in [0.717, 1.165) is 11.0 Å². The Labute approximate surface area is 114 Å². The van der Waals surface area contributed by atoms with E-state index in [0.29, 0.717) is 11.5 Å². The second kappa shape index (κ2) is 4.51. The maximum atomic E-state index is 12.3. The molecule has 0 radical (unpaired) electrons. The van der Waals surface area contributed by atoms with Crippen molar-refractivity contribution in [2.75, 3.05) is 11.9 Å². The summed E-state index contributed by atoms with van der Waals surface area (Å²) in [5, 5.41) is 3.75. The zero-order valence-corrected chi connectivity index (χ0v) is 11.5. The predicted molar refractivity (Wildman–Crippen MR) is 77.8 cm³/mol. The van der Waals surface area contributed by atoms with Crippen LogP contribution >= 0.6 is 11.3 Å². The SMILES string of the molecule is CN(C(=O)c1ccsc1)c1nc2ccccc2n1C. The maximum Gasteiger partial charge on any atom is 0.261 e. The van der Waals surface area contributed by atoms with Gasteiger partial charge in [-0.2, -0.15) is 11.3 Å². The van der Waals surface area contributed by atoms with Crippen molar-refractivity contribution in [3.63, 3.8) is 0 Å². The van der Waals surface area contributed by atoms with Crippen LogP contribution in [0.5, 0.6) is 0 Å². The Bertz CT molecular complexity index is 730. The second-order valence-corrected chi connectivity index (χ2v) is 5.12. The van der Waals surface area contributed by atoms with Crippen LogP contribution < -0.4 is 4.90 Å². The van der Waals surface area contributed by atoms with Crippen LogP contribution in [0, 0.1) is 0 Å². The number of carbonyl (C=O) groups is 1. The second-order valence-electron chi connectivity index (χ2n) is 4.34. The maximum absolute atomic E-state index is 12.3. The van der Waals surface area contributed by atoms with Crippen LogP contribution in [0.3, 0.4) is 0 Å². The van der Waals surface area contributed by atoms with Crippen LogP contribution in [-0.4, -0.2) is 22.5 Å². The van der Waals surface area contributed by atoms with Gasteiger partial charge in [-0.15, -0.1) is 0 Å². The number of benzene rings is 1. The van der Waals surface area contributed by atoms with Crippen molar-refractivity contribution in [2.45, 2.75) is 0 Å². The predicted octanol–water partition coefficient (Wildman–Crippen LogP) is 2.91. The first-order valence-electron chi connectivity index (χ1n) is 5.90. The lowest BCUT2D eigenvalue weighted by Gasteiger charge is -2.15. The average Bonchev–Trinajstić information content (AvgIpc) is 3.06. The summed E-state index contributed by atoms with van der Waals surface area (Å²) in [6.07, 6.45) is 0. The molecule has 1 aromatic carbocycles. The first kappa shape index (κ1) is 11.9. The van der Waals surface area contributed by atoms with E-state index in [-0.39, 0.29) is 5.91 Å². The Balaban J connectivity index is 2.04. The molecule has 0 aliphatic rings. The highest BCUT2D eigenvalue weighted by Crippen LogP contribution is 2.21. The molecule has 4 nitrogen and oxygen atoms in total. The molecule has 0 fully saturated rings. The van der Waals surface area contributed by atoms with E-state index in [1.54, 1.807) is 11.9 Å². The summed E-state index contributed by atoms with van der Waals surface area (Å²) in [7, 11) is 3.67. The van der Waals surface area contributed by atoms with Crippen molar-refractivity contribution in [2.24, 2.45) is 7.05 Å². The van der Waals surface area contributed by atoms with Crippen LogP contribution in [-0.2, 0) is 7.05 Å². The van der Waals surface area contributed by atoms with E-state index in [1.165, 1.54) is 11.3 Å². The van der Waals surface area contributed by atoms with Gasteiger partial charge < -0.3 is 4.57 Å². The lowest BCUT2D eigenvalue weighted by Crippen LogP contribution is -2.28. The van der Waals surface area contributed by atoms with Crippen molar-refractivity contribution in [3.8, 4) is 0 Å². The van der Waals surface area contributed by atoms with Gasteiger partial charge in [0.25, 0.3) is 5.91 Å². The first-order valence-corrected chi connectivity index (χ1v) is 6.84. The summed E-state index contributed by atoms with van der Waals surface area (Å²) in [6.45, 7) is 0. The van der Waals surface area contributed by atoms with Gasteiger partial charge in [0.2, 0.25) is 5.95 Å². The number of thiophene rings is 1. The number of amides is 1. The summed E-state index contributed by atoms with van der Waals surface area (Å²) >= 11 is 1.52. The van der Waals surface area contributed by atoms with Gasteiger partial charge >= 0.3 is 0 Å². The fourth-order valence-corrected chi connectivity index (χ4v) is 2.73. The highest BCUT2D eigenvalue weighted by atomic mass is 32.1. The molecular weight excluding hydrogens is 258 g/mol. The van der Waals surface area contributed by atoms with Crippen molar-refractivity contribution in [1.82, 2.24) is 9.55 Å². The molecule has 2 heterocycles. The number of imidazole rings is 1. The van der Waals surface area contributed by atoms with Crippen molar-refractivity contribution >= 4 is 34.2 Å². The Morgan fingerprint density at radius 1 is 1.32 bits per heavy atom. The first-order chi connectivity index (χ1) is 9.18. The van der Waals surface area contributed by atoms with Gasteiger partial charge in [-0.1, -0.05) is 12.1 Å². The molecule has 0 N–H and O–H groups in total. The molecule has 96 valence electrons. The fourth-order valence-electron chi connectivity index (χ4n) is 2.10. The minimum atomic E-state index is -0.0420. The number of hydrogen-bond acceptors (Lipinski definition) is 3. The normalized spacial score (nSPS) is 10.8. The molecule has 1 amide bonds. The van der Waals surface area contributed by atoms with Crippen molar-refractivity contribution in [1.29, 1.82) is 0 Å². The molecule has 0 saturated heterocycles. The highest BCUT2D eigenvalue weighted by Gasteiger charge is 2.19. The number of nitrogens with zero attached hydrogens (tertiary/aromatic N) is 3. The molecular formula is C14H13N3OS. The van der Waals surface area contributed by atoms with Gasteiger partial charge in [0, 0.05) is 19.5 Å². The van der Waals surface area contributed by atoms with Gasteiger partial charge in [-0.05, 0) is 23.6 Å². The highest BCUT2D eigenvalue weighted by molar-refractivity contribution is 7.08. The summed E-state index contributed by atoms with van der Waals surface area (Å²) in [5.74, 6) is 0.608. The van der Waals surface area contributed by atoms with Gasteiger partial charge in [-0.25, -0.2) is 4.98 Å². The zero-order valence-electron chi connectivity index (χ0n) is 10.7. The van der Waals surface area contributed by atoms with E-state index in [1.807, 2.05) is 52.7 Å². The van der Waals surface area contributed by atoms with Crippen LogP contribution in [0.15, 0.2) is 41.1 Å². The van der Waals surface area contributed by atoms with Gasteiger partial charge in [0.1, 0.15) is 0 Å². The third-order valence-electron chi connectivity index (χ3n) is 3.14. The number of fused-ring (bicyclic) bond motifs is 1. The monoisotopic (exact) mass is 271 g/mol. The molecule has 19 heavy (non-hydrogen) atoms. The Kier molecular flexibility index (Phi) is 2.83. The third-order valence-corrected chi connectivity index (χ3v) is 3.82. The van der Waals surface area contributed by atoms with E-state index in [4.69, 9.17) is 0 Å². The molecule has 0 bridgehead atoms. The topological polar surface area (TPSA) is 38.1 Å². The molecule has 5 heteroatoms. The number of carbonyl (C=O) groups excluding carboxylic acids is 1. The zero-order chi connectivity index (χ0) is 13.4. The van der Waals surface area contributed by atoms with E-state index in [9.17, 15) is 4.79 Å². The van der Waals surface area contributed by atoms with Gasteiger partial charge in [0.15, 0.2) is 0 Å². The van der Waals surface area contributed by atoms with Crippen molar-refractivity contribution < 1.29 is 4.79 Å². The summed E-state index contributed by atoms with van der Waals surface area (Å²) in [6, 6.07) is 9.68. The lowest BCUT2D eigenvalue weighted by atomic mass is 10.3. The number of rotatable bonds is 2.